The van der Waals surface area contributed by atoms with E-state index in [4.69, 9.17) is 0 Å². The molecule has 0 amide bonds. The molecule has 1 N–H and O–H groups in total. The van der Waals surface area contributed by atoms with Crippen LogP contribution in [0.5, 0.6) is 0 Å². The summed E-state index contributed by atoms with van der Waals surface area (Å²) in [5, 5.41) is 5.80. The highest BCUT2D eigenvalue weighted by molar-refractivity contribution is 7.10. The lowest BCUT2D eigenvalue weighted by Gasteiger charge is -2.32. The molecule has 3 nitrogen and oxygen atoms in total. The van der Waals surface area contributed by atoms with Crippen molar-refractivity contribution in [3.63, 3.8) is 0 Å². The Morgan fingerprint density at radius 3 is 2.86 bits per heavy atom. The van der Waals surface area contributed by atoms with Gasteiger partial charge in [-0.05, 0) is 62.8 Å². The number of hydrogen-bond donors (Lipinski definition) is 1. The van der Waals surface area contributed by atoms with Crippen LogP contribution in [0.25, 0.3) is 0 Å². The highest BCUT2D eigenvalue weighted by Crippen LogP contribution is 2.20. The van der Waals surface area contributed by atoms with Gasteiger partial charge < -0.3 is 10.2 Å². The SMILES string of the molecule is Cc1ccsc1CNCCN1CCC(N2CCCCC2)C1. The van der Waals surface area contributed by atoms with Crippen LogP contribution in [0.3, 0.4) is 0 Å². The van der Waals surface area contributed by atoms with Gasteiger partial charge in [-0.15, -0.1) is 11.3 Å². The van der Waals surface area contributed by atoms with Crippen LogP contribution in [0.2, 0.25) is 0 Å². The molecule has 1 aromatic heterocycles. The summed E-state index contributed by atoms with van der Waals surface area (Å²) in [6, 6.07) is 3.05. The molecule has 0 aromatic carbocycles. The second-order valence-corrected chi connectivity index (χ2v) is 7.54. The number of nitrogens with one attached hydrogen (secondary N) is 1. The minimum Gasteiger partial charge on any atom is -0.311 e. The van der Waals surface area contributed by atoms with Gasteiger partial charge in [-0.3, -0.25) is 4.90 Å². The van der Waals surface area contributed by atoms with Crippen molar-refractivity contribution < 1.29 is 0 Å². The molecule has 0 radical (unpaired) electrons. The minimum atomic E-state index is 0.838. The van der Waals surface area contributed by atoms with E-state index >= 15 is 0 Å². The van der Waals surface area contributed by atoms with Gasteiger partial charge in [-0.25, -0.2) is 0 Å². The van der Waals surface area contributed by atoms with E-state index in [1.807, 2.05) is 11.3 Å². The van der Waals surface area contributed by atoms with Crippen molar-refractivity contribution in [1.82, 2.24) is 15.1 Å². The van der Waals surface area contributed by atoms with Crippen LogP contribution >= 0.6 is 11.3 Å². The van der Waals surface area contributed by atoms with Gasteiger partial charge in [0.15, 0.2) is 0 Å². The number of piperidine rings is 1. The zero-order valence-electron chi connectivity index (χ0n) is 13.3. The maximum absolute atomic E-state index is 3.61. The predicted molar refractivity (Wildman–Crippen MR) is 91.0 cm³/mol. The summed E-state index contributed by atoms with van der Waals surface area (Å²) in [5.74, 6) is 0. The quantitative estimate of drug-likeness (QED) is 0.815. The predicted octanol–water partition coefficient (Wildman–Crippen LogP) is 2.71. The van der Waals surface area contributed by atoms with E-state index in [1.54, 1.807) is 0 Å². The van der Waals surface area contributed by atoms with Crippen LogP contribution in [-0.2, 0) is 6.54 Å². The number of nitrogens with zero attached hydrogens (tertiary/aromatic N) is 2. The van der Waals surface area contributed by atoms with Crippen molar-refractivity contribution in [3.8, 4) is 0 Å². The van der Waals surface area contributed by atoms with Gasteiger partial charge in [0.25, 0.3) is 0 Å². The number of likely N-dealkylation sites (tertiary alicyclic amines) is 2. The number of aryl methyl sites for hydroxylation is 1. The van der Waals surface area contributed by atoms with Crippen LogP contribution < -0.4 is 5.32 Å². The van der Waals surface area contributed by atoms with E-state index in [9.17, 15) is 0 Å². The number of thiophene rings is 1. The van der Waals surface area contributed by atoms with E-state index in [-0.39, 0.29) is 0 Å². The molecule has 3 rings (SSSR count). The second-order valence-electron chi connectivity index (χ2n) is 6.54. The molecule has 2 fully saturated rings. The summed E-state index contributed by atoms with van der Waals surface area (Å²) in [6.45, 7) is 10.8. The molecule has 4 heteroatoms. The zero-order valence-corrected chi connectivity index (χ0v) is 14.1. The van der Waals surface area contributed by atoms with Gasteiger partial charge >= 0.3 is 0 Å². The van der Waals surface area contributed by atoms with Gasteiger partial charge in [0.05, 0.1) is 0 Å². The Morgan fingerprint density at radius 2 is 2.10 bits per heavy atom. The molecule has 0 spiro atoms. The van der Waals surface area contributed by atoms with Crippen LogP contribution in [0.4, 0.5) is 0 Å². The molecule has 0 saturated carbocycles. The summed E-state index contributed by atoms with van der Waals surface area (Å²) in [5.41, 5.74) is 1.43. The lowest BCUT2D eigenvalue weighted by molar-refractivity contribution is 0.162. The molecule has 3 heterocycles. The molecule has 1 atom stereocenters. The Balaban J connectivity index is 1.32. The van der Waals surface area contributed by atoms with E-state index in [0.29, 0.717) is 0 Å². The summed E-state index contributed by atoms with van der Waals surface area (Å²) in [6.07, 6.45) is 5.65. The molecule has 2 saturated heterocycles. The minimum absolute atomic E-state index is 0.838. The van der Waals surface area contributed by atoms with Crippen molar-refractivity contribution in [1.29, 1.82) is 0 Å². The fourth-order valence-electron chi connectivity index (χ4n) is 3.62. The Kier molecular flexibility index (Phi) is 5.69. The normalized spacial score (nSPS) is 24.7. The third-order valence-electron chi connectivity index (χ3n) is 5.01. The van der Waals surface area contributed by atoms with Gasteiger partial charge in [0.2, 0.25) is 0 Å². The fourth-order valence-corrected chi connectivity index (χ4v) is 4.50. The van der Waals surface area contributed by atoms with Gasteiger partial charge in [0, 0.05) is 37.1 Å². The third kappa shape index (κ3) is 4.28. The van der Waals surface area contributed by atoms with E-state index < -0.39 is 0 Å². The second kappa shape index (κ2) is 7.73. The molecule has 2 aliphatic heterocycles. The molecule has 118 valence electrons. The van der Waals surface area contributed by atoms with Crippen molar-refractivity contribution in [2.45, 2.75) is 45.2 Å². The first-order valence-electron chi connectivity index (χ1n) is 8.53. The lowest BCUT2D eigenvalue weighted by Crippen LogP contribution is -2.41. The Morgan fingerprint density at radius 1 is 1.24 bits per heavy atom. The maximum Gasteiger partial charge on any atom is 0.0302 e. The van der Waals surface area contributed by atoms with Crippen LogP contribution in [-0.4, -0.2) is 55.1 Å². The monoisotopic (exact) mass is 307 g/mol. The summed E-state index contributed by atoms with van der Waals surface area (Å²) >= 11 is 1.87. The Bertz CT molecular complexity index is 425. The average molecular weight is 308 g/mol. The van der Waals surface area contributed by atoms with Gasteiger partial charge in [-0.1, -0.05) is 6.42 Å². The standard InChI is InChI=1S/C17H29N3S/c1-15-6-12-21-17(15)13-18-7-11-19-10-5-16(14-19)20-8-3-2-4-9-20/h6,12,16,18H,2-5,7-11,13-14H2,1H3. The van der Waals surface area contributed by atoms with Crippen molar-refractivity contribution in [2.75, 3.05) is 39.3 Å². The molecule has 1 aromatic rings. The molecule has 21 heavy (non-hydrogen) atoms. The Hall–Kier alpha value is -0.420. The topological polar surface area (TPSA) is 18.5 Å². The summed E-state index contributed by atoms with van der Waals surface area (Å²) in [4.78, 5) is 6.88. The van der Waals surface area contributed by atoms with E-state index in [1.165, 1.54) is 68.8 Å². The molecular weight excluding hydrogens is 278 g/mol. The van der Waals surface area contributed by atoms with Crippen molar-refractivity contribution >= 4 is 11.3 Å². The lowest BCUT2D eigenvalue weighted by atomic mass is 10.1. The first kappa shape index (κ1) is 15.5. The van der Waals surface area contributed by atoms with Crippen LogP contribution in [0, 0.1) is 6.92 Å². The largest absolute Gasteiger partial charge is 0.311 e. The van der Waals surface area contributed by atoms with Crippen molar-refractivity contribution in [2.24, 2.45) is 0 Å². The molecule has 0 bridgehead atoms. The summed E-state index contributed by atoms with van der Waals surface area (Å²) in [7, 11) is 0. The zero-order chi connectivity index (χ0) is 14.5. The van der Waals surface area contributed by atoms with E-state index in [2.05, 4.69) is 33.5 Å². The van der Waals surface area contributed by atoms with E-state index in [0.717, 1.165) is 19.1 Å². The molecular formula is C17H29N3S. The number of hydrogen-bond acceptors (Lipinski definition) is 4. The summed E-state index contributed by atoms with van der Waals surface area (Å²) < 4.78 is 0. The first-order valence-corrected chi connectivity index (χ1v) is 9.41. The smallest absolute Gasteiger partial charge is 0.0302 e. The third-order valence-corrected chi connectivity index (χ3v) is 6.04. The average Bonchev–Trinajstić information content (AvgIpc) is 3.14. The fraction of sp³-hybridized carbons (Fsp3) is 0.765. The first-order chi connectivity index (χ1) is 10.3. The van der Waals surface area contributed by atoms with Crippen LogP contribution in [0.15, 0.2) is 11.4 Å². The van der Waals surface area contributed by atoms with Gasteiger partial charge in [0.1, 0.15) is 0 Å². The molecule has 2 aliphatic rings. The number of rotatable bonds is 6. The molecule has 0 aliphatic carbocycles. The highest BCUT2D eigenvalue weighted by atomic mass is 32.1. The Labute approximate surface area is 133 Å². The van der Waals surface area contributed by atoms with Crippen molar-refractivity contribution in [3.05, 3.63) is 21.9 Å². The maximum atomic E-state index is 3.61. The van der Waals surface area contributed by atoms with Crippen LogP contribution in [0.1, 0.15) is 36.1 Å². The highest BCUT2D eigenvalue weighted by Gasteiger charge is 2.27. The molecule has 1 unspecified atom stereocenters. The van der Waals surface area contributed by atoms with Gasteiger partial charge in [-0.2, -0.15) is 0 Å².